The second-order valence-corrected chi connectivity index (χ2v) is 7.34. The minimum Gasteiger partial charge on any atom is -0.481 e. The average molecular weight is 472 g/mol. The van der Waals surface area contributed by atoms with Crippen LogP contribution in [0.1, 0.15) is 26.0 Å². The van der Waals surface area contributed by atoms with E-state index >= 15 is 0 Å². The number of aliphatic carboxylic acids is 2. The summed E-state index contributed by atoms with van der Waals surface area (Å²) in [5.74, 6) is -5.87. The van der Waals surface area contributed by atoms with E-state index in [1.165, 1.54) is 19.4 Å². The Kier molecular flexibility index (Phi) is 10.4. The molecule has 1 heterocycles. The molecule has 0 radical (unpaired) electrons. The van der Waals surface area contributed by atoms with Gasteiger partial charge in [-0.25, -0.2) is 9.78 Å². The van der Waals surface area contributed by atoms with Crippen molar-refractivity contribution in [2.75, 3.05) is 0 Å². The van der Waals surface area contributed by atoms with Crippen LogP contribution in [0.15, 0.2) is 12.5 Å². The summed E-state index contributed by atoms with van der Waals surface area (Å²) >= 11 is 0. The number of aliphatic hydroxyl groups excluding tert-OH is 2. The Balaban J connectivity index is 3.03. The molecule has 1 rings (SSSR count). The number of nitrogens with two attached hydrogens (primary N) is 1. The van der Waals surface area contributed by atoms with Gasteiger partial charge in [-0.05, 0) is 13.8 Å². The van der Waals surface area contributed by atoms with Gasteiger partial charge in [0.2, 0.25) is 17.7 Å². The summed E-state index contributed by atoms with van der Waals surface area (Å²) < 4.78 is 0. The summed E-state index contributed by atoms with van der Waals surface area (Å²) in [6.07, 6.45) is -1.15. The third kappa shape index (κ3) is 8.83. The molecule has 3 amide bonds. The number of aromatic amines is 1. The van der Waals surface area contributed by atoms with Crippen LogP contribution in [0.25, 0.3) is 0 Å². The van der Waals surface area contributed by atoms with E-state index in [4.69, 9.17) is 10.8 Å². The fourth-order valence-corrected chi connectivity index (χ4v) is 2.68. The molecule has 15 nitrogen and oxygen atoms in total. The van der Waals surface area contributed by atoms with Crippen LogP contribution in [0.4, 0.5) is 0 Å². The first kappa shape index (κ1) is 27.5. The van der Waals surface area contributed by atoms with Crippen molar-refractivity contribution in [3.05, 3.63) is 18.2 Å². The molecule has 15 heteroatoms. The first-order valence-electron chi connectivity index (χ1n) is 9.78. The monoisotopic (exact) mass is 472 g/mol. The lowest BCUT2D eigenvalue weighted by molar-refractivity contribution is -0.145. The molecule has 33 heavy (non-hydrogen) atoms. The summed E-state index contributed by atoms with van der Waals surface area (Å²) in [5.41, 5.74) is 5.85. The van der Waals surface area contributed by atoms with Gasteiger partial charge in [0.05, 0.1) is 31.0 Å². The highest BCUT2D eigenvalue weighted by atomic mass is 16.4. The minimum atomic E-state index is -1.67. The largest absolute Gasteiger partial charge is 0.481 e. The van der Waals surface area contributed by atoms with E-state index in [1.807, 2.05) is 0 Å². The van der Waals surface area contributed by atoms with Gasteiger partial charge in [-0.1, -0.05) is 0 Å². The summed E-state index contributed by atoms with van der Waals surface area (Å²) in [6.45, 7) is 2.33. The molecule has 1 aromatic heterocycles. The van der Waals surface area contributed by atoms with Crippen LogP contribution in [0.3, 0.4) is 0 Å². The lowest BCUT2D eigenvalue weighted by Crippen LogP contribution is -2.61. The zero-order chi connectivity index (χ0) is 25.3. The smallest absolute Gasteiger partial charge is 0.328 e. The molecule has 0 aromatic carbocycles. The summed E-state index contributed by atoms with van der Waals surface area (Å²) in [6, 6.07) is -6.17. The highest BCUT2D eigenvalue weighted by molar-refractivity contribution is 5.95. The SMILES string of the molecule is CC(O)C(NC(=O)C(Cc1cnc[nH]1)NC(=O)C(NC(=O)C(N)CC(=O)O)C(C)O)C(=O)O. The highest BCUT2D eigenvalue weighted by Crippen LogP contribution is 2.04. The van der Waals surface area contributed by atoms with E-state index in [0.717, 1.165) is 6.92 Å². The van der Waals surface area contributed by atoms with E-state index in [9.17, 15) is 39.3 Å². The van der Waals surface area contributed by atoms with Crippen molar-refractivity contribution in [1.29, 1.82) is 0 Å². The molecule has 184 valence electrons. The van der Waals surface area contributed by atoms with Crippen molar-refractivity contribution in [3.63, 3.8) is 0 Å². The quantitative estimate of drug-likeness (QED) is 0.134. The number of carbonyl (C=O) groups excluding carboxylic acids is 3. The first-order chi connectivity index (χ1) is 15.3. The van der Waals surface area contributed by atoms with Gasteiger partial charge >= 0.3 is 11.9 Å². The number of H-pyrrole nitrogens is 1. The van der Waals surface area contributed by atoms with Crippen LogP contribution in [-0.4, -0.2) is 96.4 Å². The van der Waals surface area contributed by atoms with Gasteiger partial charge in [0, 0.05) is 18.3 Å². The van der Waals surface area contributed by atoms with Gasteiger partial charge in [0.1, 0.15) is 12.1 Å². The topological polar surface area (TPSA) is 257 Å². The molecule has 10 N–H and O–H groups in total. The van der Waals surface area contributed by atoms with Gasteiger partial charge in [-0.2, -0.15) is 0 Å². The number of aromatic nitrogens is 2. The van der Waals surface area contributed by atoms with Gasteiger partial charge in [-0.3, -0.25) is 19.2 Å². The Morgan fingerprint density at radius 3 is 2.00 bits per heavy atom. The maximum Gasteiger partial charge on any atom is 0.328 e. The number of nitrogens with one attached hydrogen (secondary N) is 4. The molecular weight excluding hydrogens is 444 g/mol. The van der Waals surface area contributed by atoms with Crippen LogP contribution in [0.2, 0.25) is 0 Å². The zero-order valence-corrected chi connectivity index (χ0v) is 17.9. The van der Waals surface area contributed by atoms with Gasteiger partial charge in [0.25, 0.3) is 0 Å². The van der Waals surface area contributed by atoms with Crippen LogP contribution in [-0.2, 0) is 30.4 Å². The molecule has 0 aliphatic heterocycles. The molecule has 0 spiro atoms. The number of rotatable bonds is 13. The third-order valence-electron chi connectivity index (χ3n) is 4.45. The van der Waals surface area contributed by atoms with Crippen molar-refractivity contribution in [3.8, 4) is 0 Å². The molecule has 0 fully saturated rings. The number of hydrogen-bond donors (Lipinski definition) is 9. The Hall–Kier alpha value is -3.56. The average Bonchev–Trinajstić information content (AvgIpc) is 3.20. The summed E-state index contributed by atoms with van der Waals surface area (Å²) in [7, 11) is 0. The van der Waals surface area contributed by atoms with Crippen LogP contribution in [0.5, 0.6) is 0 Å². The standard InChI is InChI=1S/C18H28N6O9/c1-7(25)13(23-15(29)10(19)4-12(27)28)17(31)22-11(3-9-5-20-6-21-9)16(30)24-14(8(2)26)18(32)33/h5-8,10-11,13-14,25-26H,3-4,19H2,1-2H3,(H,20,21)(H,22,31)(H,23,29)(H,24,30)(H,27,28)(H,32,33). The molecule has 0 saturated heterocycles. The van der Waals surface area contributed by atoms with Gasteiger partial charge in [-0.15, -0.1) is 0 Å². The zero-order valence-electron chi connectivity index (χ0n) is 17.9. The van der Waals surface area contributed by atoms with Gasteiger partial charge < -0.3 is 47.1 Å². The number of nitrogens with zero attached hydrogens (tertiary/aromatic N) is 1. The van der Waals surface area contributed by atoms with Crippen LogP contribution < -0.4 is 21.7 Å². The molecule has 0 saturated carbocycles. The van der Waals surface area contributed by atoms with Crippen LogP contribution >= 0.6 is 0 Å². The lowest BCUT2D eigenvalue weighted by Gasteiger charge is -2.26. The molecule has 0 aliphatic rings. The van der Waals surface area contributed by atoms with E-state index in [2.05, 4.69) is 25.9 Å². The number of aliphatic hydroxyl groups is 2. The van der Waals surface area contributed by atoms with Crippen molar-refractivity contribution in [2.45, 2.75) is 63.1 Å². The maximum absolute atomic E-state index is 12.7. The number of carboxylic acid groups (broad SMARTS) is 2. The van der Waals surface area contributed by atoms with Crippen molar-refractivity contribution in [1.82, 2.24) is 25.9 Å². The van der Waals surface area contributed by atoms with E-state index < -0.39 is 72.5 Å². The molecule has 0 aliphatic carbocycles. The van der Waals surface area contributed by atoms with E-state index in [1.54, 1.807) is 0 Å². The van der Waals surface area contributed by atoms with Crippen molar-refractivity contribution >= 4 is 29.7 Å². The number of carbonyl (C=O) groups is 5. The molecule has 0 bridgehead atoms. The number of imidazole rings is 1. The Morgan fingerprint density at radius 1 is 0.970 bits per heavy atom. The predicted octanol–water partition coefficient (Wildman–Crippen LogP) is -3.95. The molecule has 1 aromatic rings. The van der Waals surface area contributed by atoms with E-state index in [-0.39, 0.29) is 6.42 Å². The van der Waals surface area contributed by atoms with Crippen molar-refractivity contribution < 1.29 is 44.4 Å². The maximum atomic E-state index is 12.7. The fraction of sp³-hybridized carbons (Fsp3) is 0.556. The molecule has 6 atom stereocenters. The van der Waals surface area contributed by atoms with Crippen LogP contribution in [0, 0.1) is 0 Å². The molecule has 6 unspecified atom stereocenters. The highest BCUT2D eigenvalue weighted by Gasteiger charge is 2.34. The minimum absolute atomic E-state index is 0.178. The second kappa shape index (κ2) is 12.5. The third-order valence-corrected chi connectivity index (χ3v) is 4.45. The fourth-order valence-electron chi connectivity index (χ4n) is 2.68. The Labute approximate surface area is 187 Å². The van der Waals surface area contributed by atoms with Crippen molar-refractivity contribution in [2.24, 2.45) is 5.73 Å². The normalized spacial score (nSPS) is 16.4. The Bertz CT molecular complexity index is 842. The second-order valence-electron chi connectivity index (χ2n) is 7.34. The lowest BCUT2D eigenvalue weighted by atomic mass is 10.1. The summed E-state index contributed by atoms with van der Waals surface area (Å²) in [4.78, 5) is 66.0. The summed E-state index contributed by atoms with van der Waals surface area (Å²) in [5, 5.41) is 44.0. The number of hydrogen-bond acceptors (Lipinski definition) is 9. The first-order valence-corrected chi connectivity index (χ1v) is 9.78. The Morgan fingerprint density at radius 2 is 1.55 bits per heavy atom. The number of carboxylic acids is 2. The van der Waals surface area contributed by atoms with Gasteiger partial charge in [0.15, 0.2) is 6.04 Å². The predicted molar refractivity (Wildman–Crippen MR) is 109 cm³/mol. The van der Waals surface area contributed by atoms with E-state index in [0.29, 0.717) is 5.69 Å². The number of amides is 3. The molecular formula is C18H28N6O9.